The number of hydrogen-bond acceptors (Lipinski definition) is 5. The lowest BCUT2D eigenvalue weighted by molar-refractivity contribution is -0.127. The molecule has 0 saturated carbocycles. The van der Waals surface area contributed by atoms with E-state index in [0.29, 0.717) is 6.54 Å². The molecule has 2 N–H and O–H groups in total. The third-order valence-corrected chi connectivity index (χ3v) is 3.38. The lowest BCUT2D eigenvalue weighted by Gasteiger charge is -2.40. The molecule has 0 radical (unpaired) electrons. The van der Waals surface area contributed by atoms with Gasteiger partial charge >= 0.3 is 0 Å². The van der Waals surface area contributed by atoms with Gasteiger partial charge in [0.05, 0.1) is 0 Å². The Morgan fingerprint density at radius 2 is 1.65 bits per heavy atom. The van der Waals surface area contributed by atoms with Crippen molar-refractivity contribution in [1.29, 1.82) is 0 Å². The lowest BCUT2D eigenvalue weighted by atomic mass is 9.95. The van der Waals surface area contributed by atoms with Crippen LogP contribution in [0, 0.1) is 0 Å². The van der Waals surface area contributed by atoms with Crippen LogP contribution in [0.25, 0.3) is 0 Å². The van der Waals surface area contributed by atoms with Crippen molar-refractivity contribution >= 4 is 0 Å². The number of ether oxygens (including phenoxy) is 2. The van der Waals surface area contributed by atoms with E-state index >= 15 is 0 Å². The van der Waals surface area contributed by atoms with Crippen LogP contribution in [-0.2, 0) is 9.47 Å². The topological polar surface area (TPSA) is 51.0 Å². The van der Waals surface area contributed by atoms with E-state index in [4.69, 9.17) is 15.2 Å². The summed E-state index contributed by atoms with van der Waals surface area (Å²) in [5, 5.41) is 0. The lowest BCUT2D eigenvalue weighted by Crippen LogP contribution is -2.53. The maximum absolute atomic E-state index is 5.91. The van der Waals surface area contributed by atoms with Crippen molar-refractivity contribution < 1.29 is 9.47 Å². The van der Waals surface area contributed by atoms with Crippen molar-refractivity contribution in [3.05, 3.63) is 0 Å². The normalized spacial score (nSPS) is 15.9. The summed E-state index contributed by atoms with van der Waals surface area (Å²) in [5.74, 6) is 0. The Balaban J connectivity index is 4.42. The fourth-order valence-electron chi connectivity index (χ4n) is 1.64. The predicted molar refractivity (Wildman–Crippen MR) is 71.1 cm³/mol. The third-order valence-electron chi connectivity index (χ3n) is 3.38. The molecule has 0 amide bonds. The van der Waals surface area contributed by atoms with Crippen LogP contribution >= 0.6 is 0 Å². The average Bonchev–Trinajstić information content (AvgIpc) is 2.32. The van der Waals surface area contributed by atoms with E-state index < -0.39 is 0 Å². The molecule has 1 atom stereocenters. The standard InChI is InChI=1S/C12H29N3O2/c1-12(10-13,9-11(16-5)17-6)15(4)8-7-14(2)3/h11H,7-10,13H2,1-6H3. The number of rotatable bonds is 9. The minimum atomic E-state index is -0.203. The molecule has 0 fully saturated rings. The summed E-state index contributed by atoms with van der Waals surface area (Å²) in [4.78, 5) is 4.44. The summed E-state index contributed by atoms with van der Waals surface area (Å²) in [5.41, 5.74) is 5.80. The Kier molecular flexibility index (Phi) is 7.91. The second-order valence-corrected chi connectivity index (χ2v) is 5.03. The summed E-state index contributed by atoms with van der Waals surface area (Å²) >= 11 is 0. The fraction of sp³-hybridized carbons (Fsp3) is 1.00. The van der Waals surface area contributed by atoms with Gasteiger partial charge in [0.1, 0.15) is 0 Å². The molecule has 0 rings (SSSR count). The molecule has 0 bridgehead atoms. The molecule has 0 spiro atoms. The van der Waals surface area contributed by atoms with Gasteiger partial charge in [0.2, 0.25) is 0 Å². The molecule has 0 aromatic heterocycles. The Morgan fingerprint density at radius 1 is 1.12 bits per heavy atom. The number of nitrogens with two attached hydrogens (primary N) is 1. The van der Waals surface area contributed by atoms with Gasteiger partial charge < -0.3 is 20.1 Å². The van der Waals surface area contributed by atoms with Gasteiger partial charge in [-0.2, -0.15) is 0 Å². The SMILES string of the molecule is COC(CC(C)(CN)N(C)CCN(C)C)OC. The highest BCUT2D eigenvalue weighted by molar-refractivity contribution is 4.87. The van der Waals surface area contributed by atoms with Crippen LogP contribution in [0.4, 0.5) is 0 Å². The molecule has 0 aromatic carbocycles. The molecule has 0 aliphatic heterocycles. The molecule has 104 valence electrons. The maximum Gasteiger partial charge on any atom is 0.158 e. The number of methoxy groups -OCH3 is 2. The van der Waals surface area contributed by atoms with Gasteiger partial charge in [0, 0.05) is 45.8 Å². The summed E-state index contributed by atoms with van der Waals surface area (Å²) in [6.45, 7) is 4.71. The van der Waals surface area contributed by atoms with E-state index in [1.807, 2.05) is 0 Å². The second kappa shape index (κ2) is 8.00. The highest BCUT2D eigenvalue weighted by Crippen LogP contribution is 2.20. The molecule has 0 saturated heterocycles. The van der Waals surface area contributed by atoms with Gasteiger partial charge in [0.25, 0.3) is 0 Å². The fourth-order valence-corrected chi connectivity index (χ4v) is 1.64. The molecule has 0 heterocycles. The summed E-state index contributed by atoms with van der Waals surface area (Å²) < 4.78 is 10.5. The van der Waals surface area contributed by atoms with Crippen molar-refractivity contribution in [2.75, 3.05) is 55.0 Å². The Bertz CT molecular complexity index is 198. The molecule has 5 nitrogen and oxygen atoms in total. The molecule has 17 heavy (non-hydrogen) atoms. The van der Waals surface area contributed by atoms with E-state index in [1.165, 1.54) is 0 Å². The molecular weight excluding hydrogens is 218 g/mol. The monoisotopic (exact) mass is 247 g/mol. The van der Waals surface area contributed by atoms with Crippen LogP contribution in [0.5, 0.6) is 0 Å². The molecule has 0 aliphatic carbocycles. The summed E-state index contributed by atoms with van der Waals surface area (Å²) in [6.07, 6.45) is 0.561. The van der Waals surface area contributed by atoms with Crippen molar-refractivity contribution in [3.8, 4) is 0 Å². The minimum absolute atomic E-state index is 0.104. The van der Waals surface area contributed by atoms with Gasteiger partial charge in [-0.25, -0.2) is 0 Å². The number of nitrogens with zero attached hydrogens (tertiary/aromatic N) is 2. The van der Waals surface area contributed by atoms with E-state index in [-0.39, 0.29) is 11.8 Å². The smallest absolute Gasteiger partial charge is 0.158 e. The van der Waals surface area contributed by atoms with Crippen molar-refractivity contribution in [3.63, 3.8) is 0 Å². The van der Waals surface area contributed by atoms with Crippen LogP contribution in [0.2, 0.25) is 0 Å². The highest BCUT2D eigenvalue weighted by atomic mass is 16.7. The second-order valence-electron chi connectivity index (χ2n) is 5.03. The van der Waals surface area contributed by atoms with E-state index in [1.54, 1.807) is 14.2 Å². The van der Waals surface area contributed by atoms with Gasteiger partial charge in [0.15, 0.2) is 6.29 Å². The van der Waals surface area contributed by atoms with Crippen molar-refractivity contribution in [1.82, 2.24) is 9.80 Å². The third kappa shape index (κ3) is 5.79. The highest BCUT2D eigenvalue weighted by Gasteiger charge is 2.31. The first kappa shape index (κ1) is 16.8. The van der Waals surface area contributed by atoms with Crippen LogP contribution in [0.3, 0.4) is 0 Å². The largest absolute Gasteiger partial charge is 0.356 e. The number of likely N-dealkylation sites (N-methyl/N-ethyl adjacent to an activating group) is 2. The van der Waals surface area contributed by atoms with Crippen molar-refractivity contribution in [2.45, 2.75) is 25.2 Å². The average molecular weight is 247 g/mol. The molecule has 0 aliphatic rings. The van der Waals surface area contributed by atoms with Crippen LogP contribution < -0.4 is 5.73 Å². The van der Waals surface area contributed by atoms with E-state index in [2.05, 4.69) is 37.9 Å². The molecule has 1 unspecified atom stereocenters. The van der Waals surface area contributed by atoms with E-state index in [9.17, 15) is 0 Å². The van der Waals surface area contributed by atoms with Gasteiger partial charge in [-0.3, -0.25) is 4.90 Å². The molecule has 5 heteroatoms. The quantitative estimate of drug-likeness (QED) is 0.590. The van der Waals surface area contributed by atoms with E-state index in [0.717, 1.165) is 19.5 Å². The van der Waals surface area contributed by atoms with Gasteiger partial charge in [-0.1, -0.05) is 0 Å². The first-order chi connectivity index (χ1) is 7.89. The van der Waals surface area contributed by atoms with Crippen molar-refractivity contribution in [2.24, 2.45) is 5.73 Å². The van der Waals surface area contributed by atoms with Crippen LogP contribution in [0.1, 0.15) is 13.3 Å². The Labute approximate surface area is 106 Å². The zero-order valence-corrected chi connectivity index (χ0v) is 12.2. The minimum Gasteiger partial charge on any atom is -0.356 e. The zero-order valence-electron chi connectivity index (χ0n) is 12.2. The Hall–Kier alpha value is -0.200. The maximum atomic E-state index is 5.91. The molecular formula is C12H29N3O2. The summed E-state index contributed by atoms with van der Waals surface area (Å²) in [7, 11) is 9.55. The van der Waals surface area contributed by atoms with Gasteiger partial charge in [-0.05, 0) is 28.1 Å². The Morgan fingerprint density at radius 3 is 2.00 bits per heavy atom. The first-order valence-electron chi connectivity index (χ1n) is 6.01. The molecule has 0 aromatic rings. The summed E-state index contributed by atoms with van der Waals surface area (Å²) in [6, 6.07) is 0. The van der Waals surface area contributed by atoms with Crippen LogP contribution in [-0.4, -0.2) is 76.6 Å². The zero-order chi connectivity index (χ0) is 13.5. The van der Waals surface area contributed by atoms with Gasteiger partial charge in [-0.15, -0.1) is 0 Å². The number of hydrogen-bond donors (Lipinski definition) is 1. The predicted octanol–water partition coefficient (Wildman–Crippen LogP) is 0.206. The van der Waals surface area contributed by atoms with Crippen LogP contribution in [0.15, 0.2) is 0 Å². The first-order valence-corrected chi connectivity index (χ1v) is 6.01.